The van der Waals surface area contributed by atoms with Gasteiger partial charge in [0.25, 0.3) is 11.5 Å². The van der Waals surface area contributed by atoms with Crippen molar-refractivity contribution in [1.29, 1.82) is 0 Å². The molecular weight excluding hydrogens is 430 g/mol. The number of ether oxygens (including phenoxy) is 4. The van der Waals surface area contributed by atoms with Crippen LogP contribution in [0.15, 0.2) is 41.2 Å². The van der Waals surface area contributed by atoms with Crippen LogP contribution in [0.2, 0.25) is 0 Å². The van der Waals surface area contributed by atoms with Gasteiger partial charge in [-0.05, 0) is 12.1 Å². The van der Waals surface area contributed by atoms with Crippen molar-refractivity contribution in [3.63, 3.8) is 0 Å². The summed E-state index contributed by atoms with van der Waals surface area (Å²) in [6.07, 6.45) is -0.175. The van der Waals surface area contributed by atoms with E-state index in [-0.39, 0.29) is 18.5 Å². The van der Waals surface area contributed by atoms with Crippen LogP contribution in [0.1, 0.15) is 11.3 Å². The summed E-state index contributed by atoms with van der Waals surface area (Å²) in [6.45, 7) is -0.328. The molecule has 33 heavy (non-hydrogen) atoms. The van der Waals surface area contributed by atoms with Crippen LogP contribution in [-0.4, -0.2) is 49.6 Å². The quantitative estimate of drug-likeness (QED) is 0.481. The summed E-state index contributed by atoms with van der Waals surface area (Å²) >= 11 is 0. The summed E-state index contributed by atoms with van der Waals surface area (Å²) in [6, 6.07) is 10.2. The second kappa shape index (κ2) is 10.5. The van der Waals surface area contributed by atoms with Crippen molar-refractivity contribution in [3.8, 4) is 17.2 Å². The summed E-state index contributed by atoms with van der Waals surface area (Å²) in [4.78, 5) is 36.7. The first-order chi connectivity index (χ1) is 15.9. The van der Waals surface area contributed by atoms with Gasteiger partial charge in [-0.15, -0.1) is 0 Å². The standard InChI is InChI=1S/C23H25N3O7/c1-26-23(29)16-8-6-5-7-15(16)17(25-26)10-22(28)33-13-21(27)24-12-14-9-19(31-3)20(32-4)11-18(14)30-2/h5-9,11H,10,12-13H2,1-4H3,(H,24,27). The largest absolute Gasteiger partial charge is 0.496 e. The Morgan fingerprint density at radius 3 is 2.27 bits per heavy atom. The smallest absolute Gasteiger partial charge is 0.312 e. The second-order valence-corrected chi connectivity index (χ2v) is 7.05. The molecular formula is C23H25N3O7. The highest BCUT2D eigenvalue weighted by molar-refractivity contribution is 5.87. The van der Waals surface area contributed by atoms with Crippen LogP contribution in [0.5, 0.6) is 17.2 Å². The van der Waals surface area contributed by atoms with Crippen LogP contribution in [-0.2, 0) is 34.3 Å². The molecule has 0 bridgehead atoms. The molecule has 0 aliphatic rings. The zero-order valence-electron chi connectivity index (χ0n) is 18.8. The molecule has 0 aliphatic heterocycles. The van der Waals surface area contributed by atoms with E-state index in [2.05, 4.69) is 10.4 Å². The number of rotatable bonds is 9. The third-order valence-corrected chi connectivity index (χ3v) is 4.97. The molecule has 174 valence electrons. The third kappa shape index (κ3) is 5.40. The number of nitrogens with zero attached hydrogens (tertiary/aromatic N) is 2. The maximum atomic E-state index is 12.3. The van der Waals surface area contributed by atoms with Gasteiger partial charge in [0.1, 0.15) is 5.75 Å². The van der Waals surface area contributed by atoms with Gasteiger partial charge in [-0.1, -0.05) is 18.2 Å². The minimum atomic E-state index is -0.634. The first-order valence-electron chi connectivity index (χ1n) is 10.0. The van der Waals surface area contributed by atoms with Gasteiger partial charge in [-0.2, -0.15) is 5.10 Å². The van der Waals surface area contributed by atoms with Crippen molar-refractivity contribution < 1.29 is 28.5 Å². The first kappa shape index (κ1) is 23.6. The molecule has 1 N–H and O–H groups in total. The van der Waals surface area contributed by atoms with Gasteiger partial charge in [-0.25, -0.2) is 4.68 Å². The Labute approximate surface area is 190 Å². The number of fused-ring (bicyclic) bond motifs is 1. The number of benzene rings is 2. The molecule has 0 spiro atoms. The zero-order valence-corrected chi connectivity index (χ0v) is 18.8. The van der Waals surface area contributed by atoms with Crippen molar-refractivity contribution in [3.05, 3.63) is 58.0 Å². The second-order valence-electron chi connectivity index (χ2n) is 7.05. The number of aromatic nitrogens is 2. The lowest BCUT2D eigenvalue weighted by atomic mass is 10.1. The zero-order chi connectivity index (χ0) is 24.0. The van der Waals surface area contributed by atoms with Gasteiger partial charge < -0.3 is 24.3 Å². The van der Waals surface area contributed by atoms with E-state index in [9.17, 15) is 14.4 Å². The number of hydrogen-bond donors (Lipinski definition) is 1. The molecule has 1 amide bonds. The van der Waals surface area contributed by atoms with Crippen LogP contribution in [0, 0.1) is 0 Å². The molecule has 0 aliphatic carbocycles. The van der Waals surface area contributed by atoms with Crippen LogP contribution in [0.25, 0.3) is 10.8 Å². The fraction of sp³-hybridized carbons (Fsp3) is 0.304. The maximum Gasteiger partial charge on any atom is 0.312 e. The number of aryl methyl sites for hydroxylation is 1. The highest BCUT2D eigenvalue weighted by Gasteiger charge is 2.16. The molecule has 0 unspecified atom stereocenters. The van der Waals surface area contributed by atoms with Gasteiger partial charge in [0.05, 0.1) is 38.8 Å². The number of nitrogens with one attached hydrogen (secondary N) is 1. The minimum absolute atomic E-state index is 0.132. The van der Waals surface area contributed by atoms with Crippen LogP contribution < -0.4 is 25.1 Å². The minimum Gasteiger partial charge on any atom is -0.496 e. The number of amides is 1. The Balaban J connectivity index is 1.60. The summed E-state index contributed by atoms with van der Waals surface area (Å²) in [5.41, 5.74) is 0.802. The van der Waals surface area contributed by atoms with E-state index in [1.165, 1.54) is 33.1 Å². The fourth-order valence-electron chi connectivity index (χ4n) is 3.32. The van der Waals surface area contributed by atoms with E-state index in [0.29, 0.717) is 39.3 Å². The van der Waals surface area contributed by atoms with E-state index in [0.717, 1.165) is 0 Å². The molecule has 1 heterocycles. The highest BCUT2D eigenvalue weighted by atomic mass is 16.5. The van der Waals surface area contributed by atoms with Crippen molar-refractivity contribution in [2.75, 3.05) is 27.9 Å². The monoisotopic (exact) mass is 455 g/mol. The third-order valence-electron chi connectivity index (χ3n) is 4.97. The Kier molecular flexibility index (Phi) is 7.50. The SMILES string of the molecule is COc1cc(OC)c(OC)cc1CNC(=O)COC(=O)Cc1nn(C)c(=O)c2ccccc12. The van der Waals surface area contributed by atoms with Gasteiger partial charge >= 0.3 is 5.97 Å². The average Bonchev–Trinajstić information content (AvgIpc) is 2.83. The molecule has 1 aromatic heterocycles. The molecule has 3 aromatic rings. The summed E-state index contributed by atoms with van der Waals surface area (Å²) in [7, 11) is 6.04. The topological polar surface area (TPSA) is 118 Å². The Morgan fingerprint density at radius 1 is 0.970 bits per heavy atom. The fourth-order valence-corrected chi connectivity index (χ4v) is 3.32. The first-order valence-corrected chi connectivity index (χ1v) is 10.0. The number of hydrogen-bond acceptors (Lipinski definition) is 8. The molecule has 0 saturated heterocycles. The molecule has 0 atom stereocenters. The van der Waals surface area contributed by atoms with Gasteiger partial charge in [0.15, 0.2) is 18.1 Å². The van der Waals surface area contributed by atoms with E-state index in [1.807, 2.05) is 0 Å². The van der Waals surface area contributed by atoms with Gasteiger partial charge in [-0.3, -0.25) is 14.4 Å². The normalized spacial score (nSPS) is 10.5. The molecule has 10 heteroatoms. The van der Waals surface area contributed by atoms with E-state index in [4.69, 9.17) is 18.9 Å². The molecule has 2 aromatic carbocycles. The van der Waals surface area contributed by atoms with Gasteiger partial charge in [0.2, 0.25) is 0 Å². The number of esters is 1. The summed E-state index contributed by atoms with van der Waals surface area (Å²) < 4.78 is 22.1. The number of carbonyl (C=O) groups excluding carboxylic acids is 2. The lowest BCUT2D eigenvalue weighted by Crippen LogP contribution is -2.29. The van der Waals surface area contributed by atoms with E-state index >= 15 is 0 Å². The molecule has 0 fully saturated rings. The van der Waals surface area contributed by atoms with Crippen LogP contribution in [0.3, 0.4) is 0 Å². The highest BCUT2D eigenvalue weighted by Crippen LogP contribution is 2.34. The maximum absolute atomic E-state index is 12.3. The molecule has 0 saturated carbocycles. The number of methoxy groups -OCH3 is 3. The number of carbonyl (C=O) groups is 2. The Hall–Kier alpha value is -4.08. The van der Waals surface area contributed by atoms with Gasteiger partial charge in [0, 0.05) is 30.6 Å². The van der Waals surface area contributed by atoms with Crippen molar-refractivity contribution in [2.45, 2.75) is 13.0 Å². The predicted molar refractivity (Wildman–Crippen MR) is 120 cm³/mol. The average molecular weight is 455 g/mol. The van der Waals surface area contributed by atoms with Crippen molar-refractivity contribution in [1.82, 2.24) is 15.1 Å². The lowest BCUT2D eigenvalue weighted by Gasteiger charge is -2.14. The Bertz CT molecular complexity index is 1240. The predicted octanol–water partition coefficient (Wildman–Crippen LogP) is 1.36. The summed E-state index contributed by atoms with van der Waals surface area (Å²) in [5.74, 6) is 0.380. The van der Waals surface area contributed by atoms with Crippen molar-refractivity contribution >= 4 is 22.6 Å². The lowest BCUT2D eigenvalue weighted by molar-refractivity contribution is -0.147. The Morgan fingerprint density at radius 2 is 1.61 bits per heavy atom. The summed E-state index contributed by atoms with van der Waals surface area (Å²) in [5, 5.41) is 7.86. The van der Waals surface area contributed by atoms with E-state index in [1.54, 1.807) is 36.4 Å². The molecule has 3 rings (SSSR count). The molecule has 0 radical (unpaired) electrons. The van der Waals surface area contributed by atoms with Crippen molar-refractivity contribution in [2.24, 2.45) is 7.05 Å². The van der Waals surface area contributed by atoms with Crippen LogP contribution >= 0.6 is 0 Å². The molecule has 10 nitrogen and oxygen atoms in total. The van der Waals surface area contributed by atoms with Crippen LogP contribution in [0.4, 0.5) is 0 Å². The van der Waals surface area contributed by atoms with E-state index < -0.39 is 18.5 Å².